The molecule has 1 saturated heterocycles. The Morgan fingerprint density at radius 3 is 2.35 bits per heavy atom. The Balaban J connectivity index is 1.92. The molecular weight excluding hydrogens is 252 g/mol. The van der Waals surface area contributed by atoms with Crippen molar-refractivity contribution in [3.05, 3.63) is 0 Å². The Kier molecular flexibility index (Phi) is 5.44. The largest absolute Gasteiger partial charge is 0.396 e. The Morgan fingerprint density at radius 2 is 1.80 bits per heavy atom. The summed E-state index contributed by atoms with van der Waals surface area (Å²) < 4.78 is 0. The highest BCUT2D eigenvalue weighted by molar-refractivity contribution is 5.82. The molecule has 4 heteroatoms. The molecule has 1 saturated carbocycles. The molecule has 0 aromatic carbocycles. The number of aliphatic hydroxyl groups excluding tert-OH is 1. The first-order valence-corrected chi connectivity index (χ1v) is 8.26. The molecule has 0 aromatic rings. The van der Waals surface area contributed by atoms with Crippen molar-refractivity contribution in [2.75, 3.05) is 26.2 Å². The quantitative estimate of drug-likeness (QED) is 0.721. The molecule has 20 heavy (non-hydrogen) atoms. The molecule has 0 aromatic heterocycles. The van der Waals surface area contributed by atoms with Crippen LogP contribution in [-0.4, -0.2) is 37.3 Å². The smallest absolute Gasteiger partial charge is 0.226 e. The minimum Gasteiger partial charge on any atom is -0.396 e. The minimum atomic E-state index is -0.184. The van der Waals surface area contributed by atoms with E-state index < -0.39 is 0 Å². The number of aliphatic hydroxyl groups is 1. The van der Waals surface area contributed by atoms with Crippen LogP contribution < -0.4 is 10.6 Å². The maximum Gasteiger partial charge on any atom is 0.226 e. The Bertz CT molecular complexity index is 318. The summed E-state index contributed by atoms with van der Waals surface area (Å²) in [5, 5.41) is 16.2. The Hall–Kier alpha value is -0.610. The van der Waals surface area contributed by atoms with Gasteiger partial charge in [-0.15, -0.1) is 0 Å². The molecule has 2 aliphatic rings. The van der Waals surface area contributed by atoms with Crippen LogP contribution in [0.1, 0.15) is 58.3 Å². The maximum absolute atomic E-state index is 12.6. The highest BCUT2D eigenvalue weighted by Gasteiger charge is 2.39. The standard InChI is InChI=1S/C16H30N2O2/c1-2-16(8-10-17-11-9-16)14(20)18-12-15(13-19)6-4-3-5-7-15/h17,19H,2-13H2,1H3,(H,18,20). The summed E-state index contributed by atoms with van der Waals surface area (Å²) in [7, 11) is 0. The van der Waals surface area contributed by atoms with Gasteiger partial charge in [-0.2, -0.15) is 0 Å². The van der Waals surface area contributed by atoms with E-state index in [2.05, 4.69) is 17.6 Å². The Labute approximate surface area is 122 Å². The summed E-state index contributed by atoms with van der Waals surface area (Å²) in [5.41, 5.74) is -0.244. The van der Waals surface area contributed by atoms with Crippen LogP contribution in [0, 0.1) is 10.8 Å². The van der Waals surface area contributed by atoms with Gasteiger partial charge in [0, 0.05) is 12.0 Å². The molecule has 4 nitrogen and oxygen atoms in total. The van der Waals surface area contributed by atoms with E-state index in [0.717, 1.165) is 45.2 Å². The summed E-state index contributed by atoms with van der Waals surface area (Å²) in [6.07, 6.45) is 8.49. The SMILES string of the molecule is CCC1(C(=O)NCC2(CO)CCCCC2)CCNCC1. The first kappa shape index (κ1) is 15.8. The van der Waals surface area contributed by atoms with Gasteiger partial charge in [-0.1, -0.05) is 26.2 Å². The van der Waals surface area contributed by atoms with Crippen LogP contribution in [0.15, 0.2) is 0 Å². The first-order valence-electron chi connectivity index (χ1n) is 8.26. The molecular formula is C16H30N2O2. The van der Waals surface area contributed by atoms with E-state index in [0.29, 0.717) is 6.54 Å². The fourth-order valence-corrected chi connectivity index (χ4v) is 3.79. The van der Waals surface area contributed by atoms with E-state index in [-0.39, 0.29) is 23.3 Å². The molecule has 116 valence electrons. The van der Waals surface area contributed by atoms with Crippen LogP contribution in [0.4, 0.5) is 0 Å². The zero-order chi connectivity index (χ0) is 14.5. The van der Waals surface area contributed by atoms with Crippen LogP contribution in [0.2, 0.25) is 0 Å². The van der Waals surface area contributed by atoms with E-state index in [1.165, 1.54) is 19.3 Å². The lowest BCUT2D eigenvalue weighted by Gasteiger charge is -2.39. The number of amides is 1. The van der Waals surface area contributed by atoms with Gasteiger partial charge in [0.25, 0.3) is 0 Å². The zero-order valence-corrected chi connectivity index (χ0v) is 12.8. The fraction of sp³-hybridized carbons (Fsp3) is 0.938. The summed E-state index contributed by atoms with van der Waals surface area (Å²) in [6.45, 7) is 4.84. The molecule has 2 fully saturated rings. The molecule has 1 aliphatic carbocycles. The molecule has 1 heterocycles. The van der Waals surface area contributed by atoms with Crippen molar-refractivity contribution in [1.29, 1.82) is 0 Å². The molecule has 3 N–H and O–H groups in total. The number of piperidine rings is 1. The van der Waals surface area contributed by atoms with Crippen LogP contribution in [0.5, 0.6) is 0 Å². The van der Waals surface area contributed by atoms with Gasteiger partial charge < -0.3 is 15.7 Å². The van der Waals surface area contributed by atoms with Gasteiger partial charge in [0.1, 0.15) is 0 Å². The van der Waals surface area contributed by atoms with Gasteiger partial charge in [-0.25, -0.2) is 0 Å². The molecule has 0 unspecified atom stereocenters. The van der Waals surface area contributed by atoms with Crippen molar-refractivity contribution >= 4 is 5.91 Å². The van der Waals surface area contributed by atoms with Crippen LogP contribution in [0.3, 0.4) is 0 Å². The lowest BCUT2D eigenvalue weighted by Crippen LogP contribution is -2.50. The van der Waals surface area contributed by atoms with Crippen molar-refractivity contribution in [2.24, 2.45) is 10.8 Å². The predicted octanol–water partition coefficient (Wildman–Crippen LogP) is 1.83. The lowest BCUT2D eigenvalue weighted by atomic mass is 9.73. The molecule has 2 rings (SSSR count). The Morgan fingerprint density at radius 1 is 1.15 bits per heavy atom. The normalized spacial score (nSPS) is 25.1. The van der Waals surface area contributed by atoms with Crippen molar-refractivity contribution in [3.63, 3.8) is 0 Å². The van der Waals surface area contributed by atoms with E-state index >= 15 is 0 Å². The molecule has 0 bridgehead atoms. The maximum atomic E-state index is 12.6. The number of hydrogen-bond donors (Lipinski definition) is 3. The van der Waals surface area contributed by atoms with Crippen LogP contribution in [-0.2, 0) is 4.79 Å². The third kappa shape index (κ3) is 3.34. The fourth-order valence-electron chi connectivity index (χ4n) is 3.79. The van der Waals surface area contributed by atoms with Gasteiger partial charge in [0.2, 0.25) is 5.91 Å². The third-order valence-corrected chi connectivity index (χ3v) is 5.59. The zero-order valence-electron chi connectivity index (χ0n) is 12.8. The minimum absolute atomic E-state index is 0.0598. The average Bonchev–Trinajstić information content (AvgIpc) is 2.54. The van der Waals surface area contributed by atoms with Gasteiger partial charge in [-0.3, -0.25) is 4.79 Å². The van der Waals surface area contributed by atoms with Gasteiger partial charge in [-0.05, 0) is 45.2 Å². The van der Waals surface area contributed by atoms with E-state index in [1.807, 2.05) is 0 Å². The van der Waals surface area contributed by atoms with E-state index in [4.69, 9.17) is 0 Å². The van der Waals surface area contributed by atoms with Crippen molar-refractivity contribution in [3.8, 4) is 0 Å². The van der Waals surface area contributed by atoms with E-state index in [9.17, 15) is 9.90 Å². The summed E-state index contributed by atoms with van der Waals surface area (Å²) in [5.74, 6) is 0.208. The highest BCUT2D eigenvalue weighted by Crippen LogP contribution is 2.37. The number of carbonyl (C=O) groups is 1. The molecule has 0 radical (unpaired) electrons. The summed E-state index contributed by atoms with van der Waals surface area (Å²) in [4.78, 5) is 12.6. The van der Waals surface area contributed by atoms with Crippen LogP contribution in [0.25, 0.3) is 0 Å². The number of nitrogens with one attached hydrogen (secondary N) is 2. The number of hydrogen-bond acceptors (Lipinski definition) is 3. The highest BCUT2D eigenvalue weighted by atomic mass is 16.3. The number of rotatable bonds is 5. The molecule has 1 aliphatic heterocycles. The van der Waals surface area contributed by atoms with Gasteiger partial charge >= 0.3 is 0 Å². The van der Waals surface area contributed by atoms with Crippen molar-refractivity contribution < 1.29 is 9.90 Å². The predicted molar refractivity (Wildman–Crippen MR) is 80.4 cm³/mol. The van der Waals surface area contributed by atoms with Gasteiger partial charge in [0.15, 0.2) is 0 Å². The monoisotopic (exact) mass is 282 g/mol. The molecule has 1 amide bonds. The third-order valence-electron chi connectivity index (χ3n) is 5.59. The molecule has 0 spiro atoms. The van der Waals surface area contributed by atoms with E-state index in [1.54, 1.807) is 0 Å². The average molecular weight is 282 g/mol. The first-order chi connectivity index (χ1) is 9.66. The van der Waals surface area contributed by atoms with Crippen molar-refractivity contribution in [1.82, 2.24) is 10.6 Å². The summed E-state index contributed by atoms with van der Waals surface area (Å²) in [6, 6.07) is 0. The topological polar surface area (TPSA) is 61.4 Å². The molecule has 0 atom stereocenters. The second kappa shape index (κ2) is 6.90. The number of carbonyl (C=O) groups excluding carboxylic acids is 1. The lowest BCUT2D eigenvalue weighted by molar-refractivity contribution is -0.133. The van der Waals surface area contributed by atoms with Crippen molar-refractivity contribution in [2.45, 2.75) is 58.3 Å². The second-order valence-electron chi connectivity index (χ2n) is 6.79. The van der Waals surface area contributed by atoms with Gasteiger partial charge in [0.05, 0.1) is 12.0 Å². The second-order valence-corrected chi connectivity index (χ2v) is 6.79. The van der Waals surface area contributed by atoms with Crippen LogP contribution >= 0.6 is 0 Å². The summed E-state index contributed by atoms with van der Waals surface area (Å²) >= 11 is 0.